The number of hydrogen-bond donors (Lipinski definition) is 2. The first-order valence-electron chi connectivity index (χ1n) is 8.50. The second-order valence-electron chi connectivity index (χ2n) is 6.06. The summed E-state index contributed by atoms with van der Waals surface area (Å²) in [4.78, 5) is 25.9. The molecule has 2 aromatic rings. The number of ether oxygens (including phenoxy) is 1. The standard InChI is InChI=1S/C19H20N2O3S2/c1-3-24-18(23)15-13-8-5-9-14(13)26-17(15)21-19(25)20-16(22)12-7-4-6-11(2)10-12/h4,6-7,10H,3,5,8-9H2,1-2H3,(H2,20,21,22,25). The van der Waals surface area contributed by atoms with Crippen LogP contribution in [-0.2, 0) is 17.6 Å². The van der Waals surface area contributed by atoms with Crippen LogP contribution in [0.3, 0.4) is 0 Å². The number of fused-ring (bicyclic) bond motifs is 1. The Morgan fingerprint density at radius 3 is 2.85 bits per heavy atom. The van der Waals surface area contributed by atoms with E-state index in [0.717, 1.165) is 30.4 Å². The van der Waals surface area contributed by atoms with Crippen molar-refractivity contribution in [3.8, 4) is 0 Å². The van der Waals surface area contributed by atoms with Gasteiger partial charge in [-0.15, -0.1) is 11.3 Å². The van der Waals surface area contributed by atoms with E-state index in [1.165, 1.54) is 16.2 Å². The Morgan fingerprint density at radius 1 is 1.31 bits per heavy atom. The molecule has 0 radical (unpaired) electrons. The number of esters is 1. The van der Waals surface area contributed by atoms with E-state index in [4.69, 9.17) is 17.0 Å². The van der Waals surface area contributed by atoms with Crippen LogP contribution in [0.2, 0.25) is 0 Å². The quantitative estimate of drug-likeness (QED) is 0.615. The highest BCUT2D eigenvalue weighted by atomic mass is 32.1. The third-order valence-electron chi connectivity index (χ3n) is 4.14. The third kappa shape index (κ3) is 3.94. The van der Waals surface area contributed by atoms with Gasteiger partial charge in [-0.3, -0.25) is 10.1 Å². The predicted molar refractivity (Wildman–Crippen MR) is 107 cm³/mol. The van der Waals surface area contributed by atoms with Crippen LogP contribution in [0.1, 0.15) is 50.1 Å². The molecule has 0 fully saturated rings. The first kappa shape index (κ1) is 18.5. The van der Waals surface area contributed by atoms with Gasteiger partial charge in [0, 0.05) is 10.4 Å². The first-order valence-corrected chi connectivity index (χ1v) is 9.72. The largest absolute Gasteiger partial charge is 0.462 e. The number of carbonyl (C=O) groups excluding carboxylic acids is 2. The maximum absolute atomic E-state index is 12.4. The monoisotopic (exact) mass is 388 g/mol. The van der Waals surface area contributed by atoms with Crippen molar-refractivity contribution < 1.29 is 14.3 Å². The fourth-order valence-corrected chi connectivity index (χ4v) is 4.55. The van der Waals surface area contributed by atoms with Crippen molar-refractivity contribution in [1.82, 2.24) is 5.32 Å². The summed E-state index contributed by atoms with van der Waals surface area (Å²) in [7, 11) is 0. The first-order chi connectivity index (χ1) is 12.5. The number of amides is 1. The second-order valence-corrected chi connectivity index (χ2v) is 7.57. The maximum atomic E-state index is 12.4. The number of rotatable bonds is 4. The molecule has 1 aromatic heterocycles. The van der Waals surface area contributed by atoms with E-state index in [2.05, 4.69) is 10.6 Å². The summed E-state index contributed by atoms with van der Waals surface area (Å²) in [6.07, 6.45) is 2.86. The highest BCUT2D eigenvalue weighted by Crippen LogP contribution is 2.39. The van der Waals surface area contributed by atoms with E-state index in [1.54, 1.807) is 19.1 Å². The van der Waals surface area contributed by atoms with E-state index >= 15 is 0 Å². The number of hydrogen-bond acceptors (Lipinski definition) is 5. The van der Waals surface area contributed by atoms with Crippen LogP contribution >= 0.6 is 23.6 Å². The lowest BCUT2D eigenvalue weighted by Gasteiger charge is -2.11. The lowest BCUT2D eigenvalue weighted by molar-refractivity contribution is 0.0527. The minimum absolute atomic E-state index is 0.168. The molecule has 0 saturated heterocycles. The summed E-state index contributed by atoms with van der Waals surface area (Å²) in [5, 5.41) is 6.49. The predicted octanol–water partition coefficient (Wildman–Crippen LogP) is 3.85. The van der Waals surface area contributed by atoms with Crippen LogP contribution in [0.15, 0.2) is 24.3 Å². The Bertz CT molecular complexity index is 874. The number of thiophene rings is 1. The van der Waals surface area contributed by atoms with Crippen LogP contribution in [0.4, 0.5) is 5.00 Å². The van der Waals surface area contributed by atoms with E-state index in [0.29, 0.717) is 22.7 Å². The van der Waals surface area contributed by atoms with E-state index in [9.17, 15) is 9.59 Å². The Kier molecular flexibility index (Phi) is 5.68. The molecule has 7 heteroatoms. The van der Waals surface area contributed by atoms with Gasteiger partial charge in [0.25, 0.3) is 5.91 Å². The third-order valence-corrected chi connectivity index (χ3v) is 5.55. The molecule has 2 N–H and O–H groups in total. The Hall–Kier alpha value is -2.25. The maximum Gasteiger partial charge on any atom is 0.341 e. The van der Waals surface area contributed by atoms with Gasteiger partial charge in [0.15, 0.2) is 5.11 Å². The van der Waals surface area contributed by atoms with Crippen LogP contribution in [-0.4, -0.2) is 23.6 Å². The molecule has 0 spiro atoms. The molecule has 1 amide bonds. The Morgan fingerprint density at radius 2 is 2.12 bits per heavy atom. The SMILES string of the molecule is CCOC(=O)c1c(NC(=S)NC(=O)c2cccc(C)c2)sc2c1CCC2. The van der Waals surface area contributed by atoms with E-state index in [-0.39, 0.29) is 17.0 Å². The van der Waals surface area contributed by atoms with Crippen LogP contribution < -0.4 is 10.6 Å². The molecule has 1 heterocycles. The smallest absolute Gasteiger partial charge is 0.341 e. The number of carbonyl (C=O) groups is 2. The van der Waals surface area contributed by atoms with E-state index in [1.807, 2.05) is 19.1 Å². The molecule has 1 aliphatic rings. The van der Waals surface area contributed by atoms with Gasteiger partial charge in [-0.05, 0) is 63.0 Å². The molecule has 0 bridgehead atoms. The molecular formula is C19H20N2O3S2. The minimum Gasteiger partial charge on any atom is -0.462 e. The molecule has 0 unspecified atom stereocenters. The van der Waals surface area contributed by atoms with Gasteiger partial charge in [0.05, 0.1) is 12.2 Å². The van der Waals surface area contributed by atoms with Gasteiger partial charge < -0.3 is 10.1 Å². The van der Waals surface area contributed by atoms with Gasteiger partial charge in [-0.1, -0.05) is 17.7 Å². The van der Waals surface area contributed by atoms with Gasteiger partial charge in [0.2, 0.25) is 0 Å². The van der Waals surface area contributed by atoms with Gasteiger partial charge in [-0.25, -0.2) is 4.79 Å². The molecule has 5 nitrogen and oxygen atoms in total. The van der Waals surface area contributed by atoms with Crippen LogP contribution in [0.25, 0.3) is 0 Å². The van der Waals surface area contributed by atoms with Crippen molar-refractivity contribution in [2.24, 2.45) is 0 Å². The molecule has 26 heavy (non-hydrogen) atoms. The van der Waals surface area contributed by atoms with Gasteiger partial charge in [-0.2, -0.15) is 0 Å². The van der Waals surface area contributed by atoms with Crippen molar-refractivity contribution in [2.75, 3.05) is 11.9 Å². The zero-order valence-electron chi connectivity index (χ0n) is 14.7. The minimum atomic E-state index is -0.345. The molecule has 1 aliphatic carbocycles. The number of benzene rings is 1. The molecule has 1 aromatic carbocycles. The van der Waals surface area contributed by atoms with Crippen LogP contribution in [0, 0.1) is 6.92 Å². The van der Waals surface area contributed by atoms with Gasteiger partial charge in [0.1, 0.15) is 5.00 Å². The zero-order valence-corrected chi connectivity index (χ0v) is 16.3. The van der Waals surface area contributed by atoms with Crippen molar-refractivity contribution >= 4 is 45.5 Å². The molecule has 136 valence electrons. The summed E-state index contributed by atoms with van der Waals surface area (Å²) in [6.45, 7) is 4.02. The summed E-state index contributed by atoms with van der Waals surface area (Å²) >= 11 is 6.78. The fraction of sp³-hybridized carbons (Fsp3) is 0.316. The van der Waals surface area contributed by atoms with Crippen molar-refractivity contribution in [2.45, 2.75) is 33.1 Å². The summed E-state index contributed by atoms with van der Waals surface area (Å²) in [5.74, 6) is -0.629. The Labute approximate surface area is 161 Å². The highest BCUT2D eigenvalue weighted by Gasteiger charge is 2.28. The fourth-order valence-electron chi connectivity index (χ4n) is 3.01. The van der Waals surface area contributed by atoms with E-state index < -0.39 is 0 Å². The molecule has 3 rings (SSSR count). The Balaban J connectivity index is 1.75. The molecule has 0 aliphatic heterocycles. The second kappa shape index (κ2) is 7.97. The number of anilines is 1. The number of thiocarbonyl (C=S) groups is 1. The van der Waals surface area contributed by atoms with Crippen molar-refractivity contribution in [1.29, 1.82) is 0 Å². The zero-order chi connectivity index (χ0) is 18.7. The number of aryl methyl sites for hydroxylation is 2. The lowest BCUT2D eigenvalue weighted by Crippen LogP contribution is -2.34. The topological polar surface area (TPSA) is 67.4 Å². The summed E-state index contributed by atoms with van der Waals surface area (Å²) < 4.78 is 5.19. The number of nitrogens with one attached hydrogen (secondary N) is 2. The van der Waals surface area contributed by atoms with Crippen molar-refractivity contribution in [3.05, 3.63) is 51.4 Å². The average Bonchev–Trinajstić information content (AvgIpc) is 3.15. The highest BCUT2D eigenvalue weighted by molar-refractivity contribution is 7.80. The van der Waals surface area contributed by atoms with Gasteiger partial charge >= 0.3 is 5.97 Å². The lowest BCUT2D eigenvalue weighted by atomic mass is 10.1. The average molecular weight is 389 g/mol. The molecule has 0 saturated carbocycles. The summed E-state index contributed by atoms with van der Waals surface area (Å²) in [6, 6.07) is 7.27. The normalized spacial score (nSPS) is 12.4. The van der Waals surface area contributed by atoms with Crippen molar-refractivity contribution in [3.63, 3.8) is 0 Å². The molecular weight excluding hydrogens is 368 g/mol. The van der Waals surface area contributed by atoms with Crippen LogP contribution in [0.5, 0.6) is 0 Å². The molecule has 0 atom stereocenters. The summed E-state index contributed by atoms with van der Waals surface area (Å²) in [5.41, 5.74) is 3.13.